The lowest BCUT2D eigenvalue weighted by atomic mass is 9.84. The van der Waals surface area contributed by atoms with Gasteiger partial charge in [-0.25, -0.2) is 0 Å². The molecular formula is C66H40F6. The highest BCUT2D eigenvalue weighted by Gasteiger charge is 2.37. The van der Waals surface area contributed by atoms with Gasteiger partial charge in [0, 0.05) is 0 Å². The third-order valence-electron chi connectivity index (χ3n) is 15.4. The molecule has 0 unspecified atom stereocenters. The summed E-state index contributed by atoms with van der Waals surface area (Å²) in [5.41, 5.74) is 6.77. The van der Waals surface area contributed by atoms with E-state index >= 15 is 0 Å². The molecular weight excluding hydrogens is 907 g/mol. The van der Waals surface area contributed by atoms with Crippen LogP contribution in [0.4, 0.5) is 26.3 Å². The van der Waals surface area contributed by atoms with Crippen LogP contribution >= 0.6 is 0 Å². The molecule has 0 nitrogen and oxygen atoms in total. The molecule has 5 aliphatic rings. The SMILES string of the molecule is FC(F)(F)c1cc(-c2ccc3c(=C4C=CC=CC4)c4c(c(=C5C=CC=CC5)c3c2)=c2ccc3c5c(ccc=4c25)=c2c(-c4ccccc4)c4cc5c(cc4c(-c4ccccc4)c2=3)C=CCC5)cc(C(F)(F)F)c1. The molecule has 9 aromatic rings. The zero-order valence-corrected chi connectivity index (χ0v) is 38.6. The second-order valence-electron chi connectivity index (χ2n) is 19.4. The minimum atomic E-state index is -4.99. The fourth-order valence-corrected chi connectivity index (χ4v) is 12.5. The molecule has 346 valence electrons. The number of alkyl halides is 6. The lowest BCUT2D eigenvalue weighted by Crippen LogP contribution is -2.21. The average molecular weight is 947 g/mol. The van der Waals surface area contributed by atoms with Crippen LogP contribution in [-0.4, -0.2) is 0 Å². The highest BCUT2D eigenvalue weighted by atomic mass is 19.4. The Balaban J connectivity index is 1.24. The summed E-state index contributed by atoms with van der Waals surface area (Å²) in [6.07, 6.45) is 14.2. The van der Waals surface area contributed by atoms with Crippen LogP contribution in [0.3, 0.4) is 0 Å². The number of rotatable bonds is 3. The molecule has 6 heteroatoms. The molecule has 0 fully saturated rings. The number of aryl methyl sites for hydroxylation is 1. The van der Waals surface area contributed by atoms with Crippen LogP contribution in [0.15, 0.2) is 188 Å². The second-order valence-corrected chi connectivity index (χ2v) is 19.4. The van der Waals surface area contributed by atoms with Gasteiger partial charge in [-0.3, -0.25) is 0 Å². The first kappa shape index (κ1) is 42.6. The molecule has 0 N–H and O–H groups in total. The van der Waals surface area contributed by atoms with E-state index in [4.69, 9.17) is 0 Å². The minimum absolute atomic E-state index is 0.152. The summed E-state index contributed by atoms with van der Waals surface area (Å²) >= 11 is 0. The molecule has 0 heterocycles. The topological polar surface area (TPSA) is 0 Å². The van der Waals surface area contributed by atoms with Gasteiger partial charge < -0.3 is 0 Å². The zero-order valence-electron chi connectivity index (χ0n) is 38.6. The summed E-state index contributed by atoms with van der Waals surface area (Å²) < 4.78 is 86.2. The van der Waals surface area contributed by atoms with Crippen LogP contribution in [0, 0.1) is 41.7 Å². The summed E-state index contributed by atoms with van der Waals surface area (Å²) in [6, 6.07) is 42.7. The van der Waals surface area contributed by atoms with E-state index in [0.717, 1.165) is 105 Å². The largest absolute Gasteiger partial charge is 0.416 e. The maximum atomic E-state index is 14.4. The van der Waals surface area contributed by atoms with Crippen molar-refractivity contribution in [3.63, 3.8) is 0 Å². The molecule has 0 saturated carbocycles. The van der Waals surface area contributed by atoms with Crippen LogP contribution in [0.5, 0.6) is 0 Å². The molecule has 0 aromatic heterocycles. The third kappa shape index (κ3) is 6.34. The maximum Gasteiger partial charge on any atom is 0.416 e. The lowest BCUT2D eigenvalue weighted by molar-refractivity contribution is -0.143. The Morgan fingerprint density at radius 2 is 0.875 bits per heavy atom. The van der Waals surface area contributed by atoms with Gasteiger partial charge in [-0.1, -0.05) is 158 Å². The van der Waals surface area contributed by atoms with Crippen molar-refractivity contribution in [3.8, 4) is 33.4 Å². The van der Waals surface area contributed by atoms with Gasteiger partial charge in [-0.2, -0.15) is 26.3 Å². The number of hydrogen-bond acceptors (Lipinski definition) is 0. The zero-order chi connectivity index (χ0) is 48.6. The Morgan fingerprint density at radius 3 is 1.39 bits per heavy atom. The van der Waals surface area contributed by atoms with Crippen LogP contribution in [0.2, 0.25) is 0 Å². The van der Waals surface area contributed by atoms with Crippen LogP contribution in [0.25, 0.3) is 82.9 Å². The third-order valence-corrected chi connectivity index (χ3v) is 15.4. The number of allylic oxidation sites excluding steroid dienone is 9. The fraction of sp³-hybridized carbons (Fsp3) is 0.0909. The Hall–Kier alpha value is -8.22. The first-order chi connectivity index (χ1) is 35.0. The normalized spacial score (nSPS) is 16.6. The number of fused-ring (bicyclic) bond motifs is 5. The highest BCUT2D eigenvalue weighted by molar-refractivity contribution is 6.08. The van der Waals surface area contributed by atoms with Gasteiger partial charge in [-0.15, -0.1) is 0 Å². The van der Waals surface area contributed by atoms with Gasteiger partial charge in [0.1, 0.15) is 0 Å². The van der Waals surface area contributed by atoms with E-state index < -0.39 is 23.5 Å². The van der Waals surface area contributed by atoms with Crippen molar-refractivity contribution in [2.45, 2.75) is 38.0 Å². The van der Waals surface area contributed by atoms with Gasteiger partial charge in [-0.05, 0) is 202 Å². The number of halogens is 6. The molecule has 0 spiro atoms. The average Bonchev–Trinajstić information content (AvgIpc) is 3.91. The highest BCUT2D eigenvalue weighted by Crippen LogP contribution is 2.45. The van der Waals surface area contributed by atoms with Gasteiger partial charge in [0.2, 0.25) is 0 Å². The van der Waals surface area contributed by atoms with E-state index in [-0.39, 0.29) is 17.2 Å². The molecule has 0 atom stereocenters. The molecule has 0 amide bonds. The molecule has 0 saturated heterocycles. The molecule has 0 aliphatic heterocycles. The standard InChI is InChI=1S/C66H40F6/c67-65(68,69)45-31-44(32-46(36-45)66(70,71)72)43-25-26-47-52(35-43)56(38-17-7-2-8-18-38)62-49-29-30-51-60-50(28-27-48(59(49)60)61(62)55(47)37-15-5-1-6-16-37)63-57(39-19-9-3-10-20-39)53-33-41-23-13-14-24-42(41)34-54(53)58(64(51)63)40-21-11-4-12-22-40/h1-12,14-15,17,19-22,24-36H,13,16,18,23H2. The number of hydrogen-bond donors (Lipinski definition) is 0. The van der Waals surface area contributed by atoms with Gasteiger partial charge in [0.05, 0.1) is 11.1 Å². The smallest absolute Gasteiger partial charge is 0.166 e. The van der Waals surface area contributed by atoms with Crippen LogP contribution in [0.1, 0.15) is 41.5 Å². The molecule has 0 bridgehead atoms. The Kier molecular flexibility index (Phi) is 9.26. The molecule has 14 rings (SSSR count). The van der Waals surface area contributed by atoms with E-state index in [1.54, 1.807) is 6.07 Å². The van der Waals surface area contributed by atoms with Crippen molar-refractivity contribution >= 4 is 49.5 Å². The van der Waals surface area contributed by atoms with E-state index in [0.29, 0.717) is 12.8 Å². The summed E-state index contributed by atoms with van der Waals surface area (Å²) in [5, 5.41) is 17.3. The minimum Gasteiger partial charge on any atom is -0.166 e. The molecule has 9 aromatic carbocycles. The van der Waals surface area contributed by atoms with Crippen molar-refractivity contribution in [1.82, 2.24) is 0 Å². The summed E-state index contributed by atoms with van der Waals surface area (Å²) in [6.45, 7) is 0. The van der Waals surface area contributed by atoms with E-state index in [9.17, 15) is 26.3 Å². The molecule has 5 aliphatic carbocycles. The Bertz CT molecular complexity index is 4640. The fourth-order valence-electron chi connectivity index (χ4n) is 12.5. The summed E-state index contributed by atoms with van der Waals surface area (Å²) in [5.74, 6) is 0. The molecule has 72 heavy (non-hydrogen) atoms. The van der Waals surface area contributed by atoms with Crippen molar-refractivity contribution in [2.75, 3.05) is 0 Å². The van der Waals surface area contributed by atoms with Crippen molar-refractivity contribution in [3.05, 3.63) is 263 Å². The van der Waals surface area contributed by atoms with Crippen molar-refractivity contribution in [2.24, 2.45) is 0 Å². The monoisotopic (exact) mass is 946 g/mol. The van der Waals surface area contributed by atoms with E-state index in [2.05, 4.69) is 134 Å². The summed E-state index contributed by atoms with van der Waals surface area (Å²) in [4.78, 5) is 0. The van der Waals surface area contributed by atoms with Crippen molar-refractivity contribution in [1.29, 1.82) is 0 Å². The predicted molar refractivity (Wildman–Crippen MR) is 278 cm³/mol. The van der Waals surface area contributed by atoms with Gasteiger partial charge in [0.25, 0.3) is 0 Å². The summed E-state index contributed by atoms with van der Waals surface area (Å²) in [7, 11) is 0. The predicted octanol–water partition coefficient (Wildman–Crippen LogP) is 16.3. The van der Waals surface area contributed by atoms with E-state index in [1.807, 2.05) is 36.4 Å². The quantitative estimate of drug-likeness (QED) is 0.155. The lowest BCUT2D eigenvalue weighted by Gasteiger charge is -2.19. The first-order valence-electron chi connectivity index (χ1n) is 24.4. The molecule has 0 radical (unpaired) electrons. The second kappa shape index (κ2) is 15.6. The van der Waals surface area contributed by atoms with Crippen LogP contribution in [-0.2, 0) is 18.8 Å². The number of benzene rings is 9. The van der Waals surface area contributed by atoms with Gasteiger partial charge in [0.15, 0.2) is 0 Å². The van der Waals surface area contributed by atoms with E-state index in [1.165, 1.54) is 48.8 Å². The Morgan fingerprint density at radius 1 is 0.361 bits per heavy atom. The van der Waals surface area contributed by atoms with Crippen LogP contribution < -0.4 is 10.4 Å². The Labute approximate surface area is 408 Å². The maximum absolute atomic E-state index is 14.4. The first-order valence-corrected chi connectivity index (χ1v) is 24.4. The van der Waals surface area contributed by atoms with Crippen molar-refractivity contribution < 1.29 is 26.3 Å². The van der Waals surface area contributed by atoms with Gasteiger partial charge >= 0.3 is 12.4 Å².